The molecule has 0 aliphatic rings. The molecule has 0 saturated heterocycles. The maximum absolute atomic E-state index is 12.6. The van der Waals surface area contributed by atoms with Crippen molar-refractivity contribution in [1.82, 2.24) is 9.62 Å². The summed E-state index contributed by atoms with van der Waals surface area (Å²) < 4.78 is 26.3. The Bertz CT molecular complexity index is 655. The van der Waals surface area contributed by atoms with Crippen LogP contribution in [0.4, 0.5) is 0 Å². The van der Waals surface area contributed by atoms with Crippen LogP contribution in [-0.2, 0) is 14.8 Å². The predicted octanol–water partition coefficient (Wildman–Crippen LogP) is 2.92. The minimum Gasteiger partial charge on any atom is -0.350 e. The molecule has 0 unspecified atom stereocenters. The zero-order chi connectivity index (χ0) is 17.1. The summed E-state index contributed by atoms with van der Waals surface area (Å²) in [5.41, 5.74) is -0.437. The molecular formula is C14H20Cl2N2O3S. The van der Waals surface area contributed by atoms with Crippen molar-refractivity contribution in [1.29, 1.82) is 0 Å². The molecule has 0 fully saturated rings. The van der Waals surface area contributed by atoms with Crippen LogP contribution in [0.2, 0.25) is 10.0 Å². The van der Waals surface area contributed by atoms with Crippen LogP contribution >= 0.6 is 23.2 Å². The highest BCUT2D eigenvalue weighted by Gasteiger charge is 2.29. The molecule has 22 heavy (non-hydrogen) atoms. The molecule has 124 valence electrons. The maximum Gasteiger partial charge on any atom is 0.245 e. The molecule has 0 aromatic heterocycles. The van der Waals surface area contributed by atoms with E-state index in [-0.39, 0.29) is 33.9 Å². The van der Waals surface area contributed by atoms with E-state index in [1.807, 2.05) is 20.8 Å². The Balaban J connectivity index is 3.08. The quantitative estimate of drug-likeness (QED) is 0.870. The van der Waals surface area contributed by atoms with E-state index in [1.54, 1.807) is 6.92 Å². The molecule has 0 radical (unpaired) electrons. The normalized spacial score (nSPS) is 12.5. The van der Waals surface area contributed by atoms with Gasteiger partial charge in [0.05, 0.1) is 16.6 Å². The summed E-state index contributed by atoms with van der Waals surface area (Å²) in [6, 6.07) is 4.38. The van der Waals surface area contributed by atoms with Gasteiger partial charge < -0.3 is 5.32 Å². The number of carbonyl (C=O) groups excluding carboxylic acids is 1. The molecule has 1 aromatic carbocycles. The SMILES string of the molecule is CCN(CC(=O)NC(C)(C)C)S(=O)(=O)c1cccc(Cl)c1Cl. The standard InChI is InChI=1S/C14H20Cl2N2O3S/c1-5-18(9-12(19)17-14(2,3)4)22(20,21)11-8-6-7-10(15)13(11)16/h6-8H,5,9H2,1-4H3,(H,17,19). The Morgan fingerprint density at radius 3 is 2.36 bits per heavy atom. The second-order valence-corrected chi connectivity index (χ2v) is 8.47. The van der Waals surface area contributed by atoms with Crippen LogP contribution in [0.5, 0.6) is 0 Å². The summed E-state index contributed by atoms with van der Waals surface area (Å²) in [5, 5.41) is 2.84. The summed E-state index contributed by atoms with van der Waals surface area (Å²) in [7, 11) is -3.90. The van der Waals surface area contributed by atoms with Gasteiger partial charge in [-0.15, -0.1) is 0 Å². The molecule has 1 amide bonds. The van der Waals surface area contributed by atoms with Crippen molar-refractivity contribution in [3.63, 3.8) is 0 Å². The van der Waals surface area contributed by atoms with E-state index in [4.69, 9.17) is 23.2 Å². The van der Waals surface area contributed by atoms with Gasteiger partial charge in [-0.25, -0.2) is 8.42 Å². The molecular weight excluding hydrogens is 347 g/mol. The Labute approximate surface area is 141 Å². The summed E-state index contributed by atoms with van der Waals surface area (Å²) in [6.45, 7) is 6.98. The van der Waals surface area contributed by atoms with Crippen molar-refractivity contribution >= 4 is 39.1 Å². The Morgan fingerprint density at radius 1 is 1.27 bits per heavy atom. The van der Waals surface area contributed by atoms with Crippen LogP contribution in [0.1, 0.15) is 27.7 Å². The number of hydrogen-bond donors (Lipinski definition) is 1. The van der Waals surface area contributed by atoms with Crippen molar-refractivity contribution in [2.45, 2.75) is 38.1 Å². The largest absolute Gasteiger partial charge is 0.350 e. The first-order valence-corrected chi connectivity index (χ1v) is 8.94. The fourth-order valence-corrected chi connectivity index (χ4v) is 3.95. The summed E-state index contributed by atoms with van der Waals surface area (Å²) >= 11 is 11.8. The molecule has 0 aliphatic heterocycles. The highest BCUT2D eigenvalue weighted by molar-refractivity contribution is 7.89. The van der Waals surface area contributed by atoms with Crippen LogP contribution in [0, 0.1) is 0 Å². The molecule has 0 saturated carbocycles. The number of likely N-dealkylation sites (N-methyl/N-ethyl adjacent to an activating group) is 1. The van der Waals surface area contributed by atoms with E-state index in [1.165, 1.54) is 18.2 Å². The van der Waals surface area contributed by atoms with Crippen LogP contribution in [0.15, 0.2) is 23.1 Å². The van der Waals surface area contributed by atoms with Gasteiger partial charge in [-0.3, -0.25) is 4.79 Å². The van der Waals surface area contributed by atoms with Gasteiger partial charge in [-0.2, -0.15) is 4.31 Å². The van der Waals surface area contributed by atoms with Crippen LogP contribution in [0.25, 0.3) is 0 Å². The van der Waals surface area contributed by atoms with E-state index < -0.39 is 15.6 Å². The van der Waals surface area contributed by atoms with E-state index >= 15 is 0 Å². The second-order valence-electron chi connectivity index (χ2n) is 5.78. The number of sulfonamides is 1. The Kier molecular flexibility index (Phi) is 6.27. The van der Waals surface area contributed by atoms with Gasteiger partial charge in [-0.1, -0.05) is 36.2 Å². The van der Waals surface area contributed by atoms with Gasteiger partial charge >= 0.3 is 0 Å². The molecule has 0 heterocycles. The van der Waals surface area contributed by atoms with Crippen molar-refractivity contribution in [3.05, 3.63) is 28.2 Å². The van der Waals surface area contributed by atoms with Gasteiger partial charge in [0.2, 0.25) is 15.9 Å². The minimum absolute atomic E-state index is 0.0427. The van der Waals surface area contributed by atoms with Crippen LogP contribution in [-0.4, -0.2) is 37.3 Å². The van der Waals surface area contributed by atoms with E-state index in [9.17, 15) is 13.2 Å². The molecule has 0 spiro atoms. The molecule has 1 N–H and O–H groups in total. The molecule has 5 nitrogen and oxygen atoms in total. The fourth-order valence-electron chi connectivity index (χ4n) is 1.81. The third-order valence-electron chi connectivity index (χ3n) is 2.72. The van der Waals surface area contributed by atoms with Crippen molar-refractivity contribution in [3.8, 4) is 0 Å². The molecule has 0 aliphatic carbocycles. The van der Waals surface area contributed by atoms with Gasteiger partial charge in [0.25, 0.3) is 0 Å². The summed E-state index contributed by atoms with van der Waals surface area (Å²) in [6.07, 6.45) is 0. The predicted molar refractivity (Wildman–Crippen MR) is 88.8 cm³/mol. The number of amides is 1. The number of rotatable bonds is 5. The van der Waals surface area contributed by atoms with E-state index in [0.29, 0.717) is 0 Å². The molecule has 0 atom stereocenters. The minimum atomic E-state index is -3.90. The van der Waals surface area contributed by atoms with Crippen LogP contribution < -0.4 is 5.32 Å². The number of nitrogens with zero attached hydrogens (tertiary/aromatic N) is 1. The van der Waals surface area contributed by atoms with Crippen molar-refractivity contribution in [2.24, 2.45) is 0 Å². The van der Waals surface area contributed by atoms with Crippen molar-refractivity contribution in [2.75, 3.05) is 13.1 Å². The Hall–Kier alpha value is -0.820. The van der Waals surface area contributed by atoms with Crippen molar-refractivity contribution < 1.29 is 13.2 Å². The highest BCUT2D eigenvalue weighted by Crippen LogP contribution is 2.30. The first-order valence-electron chi connectivity index (χ1n) is 6.74. The maximum atomic E-state index is 12.6. The number of halogens is 2. The lowest BCUT2D eigenvalue weighted by Gasteiger charge is -2.25. The average molecular weight is 367 g/mol. The zero-order valence-corrected chi connectivity index (χ0v) is 15.3. The zero-order valence-electron chi connectivity index (χ0n) is 13.0. The monoisotopic (exact) mass is 366 g/mol. The smallest absolute Gasteiger partial charge is 0.245 e. The first-order chi connectivity index (χ1) is 9.99. The topological polar surface area (TPSA) is 66.5 Å². The Morgan fingerprint density at radius 2 is 1.86 bits per heavy atom. The lowest BCUT2D eigenvalue weighted by Crippen LogP contribution is -2.47. The summed E-state index contributed by atoms with van der Waals surface area (Å²) in [5.74, 6) is -0.379. The van der Waals surface area contributed by atoms with Gasteiger partial charge in [0.1, 0.15) is 4.90 Å². The molecule has 8 heteroatoms. The van der Waals surface area contributed by atoms with Crippen LogP contribution in [0.3, 0.4) is 0 Å². The van der Waals surface area contributed by atoms with Gasteiger partial charge in [-0.05, 0) is 32.9 Å². The molecule has 1 rings (SSSR count). The number of nitrogens with one attached hydrogen (secondary N) is 1. The second kappa shape index (κ2) is 7.17. The van der Waals surface area contributed by atoms with Gasteiger partial charge in [0, 0.05) is 12.1 Å². The molecule has 1 aromatic rings. The van der Waals surface area contributed by atoms with Gasteiger partial charge in [0.15, 0.2) is 0 Å². The van der Waals surface area contributed by atoms with E-state index in [2.05, 4.69) is 5.32 Å². The summed E-state index contributed by atoms with van der Waals surface area (Å²) in [4.78, 5) is 11.9. The average Bonchev–Trinajstić information content (AvgIpc) is 2.36. The highest BCUT2D eigenvalue weighted by atomic mass is 35.5. The molecule has 0 bridgehead atoms. The lowest BCUT2D eigenvalue weighted by molar-refractivity contribution is -0.122. The first kappa shape index (κ1) is 19.2. The van der Waals surface area contributed by atoms with E-state index in [0.717, 1.165) is 4.31 Å². The lowest BCUT2D eigenvalue weighted by atomic mass is 10.1. The number of carbonyl (C=O) groups is 1. The fraction of sp³-hybridized carbons (Fsp3) is 0.500. The third-order valence-corrected chi connectivity index (χ3v) is 5.62. The number of benzene rings is 1. The number of hydrogen-bond acceptors (Lipinski definition) is 3. The third kappa shape index (κ3) is 4.84.